The lowest BCUT2D eigenvalue weighted by Crippen LogP contribution is -2.49. The molecule has 5 nitrogen and oxygen atoms in total. The van der Waals surface area contributed by atoms with Crippen LogP contribution in [0.5, 0.6) is 0 Å². The maximum Gasteiger partial charge on any atom is 0.339 e. The fraction of sp³-hybridized carbons (Fsp3) is 0.600. The molecule has 1 unspecified atom stereocenters. The van der Waals surface area contributed by atoms with Crippen LogP contribution in [0.2, 0.25) is 0 Å². The molecular weight excluding hydrogens is 254 g/mol. The minimum Gasteiger partial charge on any atom is -0.478 e. The Kier molecular flexibility index (Phi) is 4.60. The van der Waals surface area contributed by atoms with E-state index in [1.807, 2.05) is 13.0 Å². The summed E-state index contributed by atoms with van der Waals surface area (Å²) in [4.78, 5) is 20.0. The van der Waals surface area contributed by atoms with Crippen molar-refractivity contribution in [2.75, 3.05) is 31.1 Å². The SMILES string of the molecule is CCC(C)N1CCN(c2cc(C)ncc2C(=O)O)CC1. The van der Waals surface area contributed by atoms with E-state index in [4.69, 9.17) is 0 Å². The van der Waals surface area contributed by atoms with Crippen LogP contribution in [0, 0.1) is 6.92 Å². The summed E-state index contributed by atoms with van der Waals surface area (Å²) in [6.07, 6.45) is 2.61. The van der Waals surface area contributed by atoms with E-state index in [0.717, 1.165) is 44.0 Å². The number of hydrogen-bond donors (Lipinski definition) is 1. The van der Waals surface area contributed by atoms with Gasteiger partial charge in [-0.25, -0.2) is 4.79 Å². The summed E-state index contributed by atoms with van der Waals surface area (Å²) >= 11 is 0. The zero-order chi connectivity index (χ0) is 14.7. The summed E-state index contributed by atoms with van der Waals surface area (Å²) in [5, 5.41) is 9.29. The third-order valence-corrected chi connectivity index (χ3v) is 4.12. The lowest BCUT2D eigenvalue weighted by molar-refractivity contribution is 0.0696. The first kappa shape index (κ1) is 14.8. The predicted octanol–water partition coefficient (Wildman–Crippen LogP) is 2.01. The summed E-state index contributed by atoms with van der Waals surface area (Å²) in [7, 11) is 0. The summed E-state index contributed by atoms with van der Waals surface area (Å²) in [5.41, 5.74) is 1.95. The molecule has 1 saturated heterocycles. The number of pyridine rings is 1. The van der Waals surface area contributed by atoms with Crippen LogP contribution in [0.15, 0.2) is 12.3 Å². The van der Waals surface area contributed by atoms with Gasteiger partial charge < -0.3 is 10.0 Å². The fourth-order valence-electron chi connectivity index (χ4n) is 2.63. The Morgan fingerprint density at radius 1 is 1.40 bits per heavy atom. The molecule has 1 aliphatic heterocycles. The second-order valence-electron chi connectivity index (χ2n) is 5.43. The molecule has 1 aliphatic rings. The van der Waals surface area contributed by atoms with Gasteiger partial charge >= 0.3 is 5.97 Å². The molecule has 1 atom stereocenters. The molecule has 5 heteroatoms. The first-order valence-electron chi connectivity index (χ1n) is 7.21. The van der Waals surface area contributed by atoms with Gasteiger partial charge in [0.1, 0.15) is 5.56 Å². The lowest BCUT2D eigenvalue weighted by Gasteiger charge is -2.39. The van der Waals surface area contributed by atoms with Crippen LogP contribution in [0.25, 0.3) is 0 Å². The lowest BCUT2D eigenvalue weighted by atomic mass is 10.1. The zero-order valence-electron chi connectivity index (χ0n) is 12.5. The number of aromatic carboxylic acids is 1. The van der Waals surface area contributed by atoms with Gasteiger partial charge in [0.05, 0.1) is 5.69 Å². The zero-order valence-corrected chi connectivity index (χ0v) is 12.5. The van der Waals surface area contributed by atoms with Crippen molar-refractivity contribution in [3.05, 3.63) is 23.5 Å². The molecule has 1 fully saturated rings. The topological polar surface area (TPSA) is 56.7 Å². The van der Waals surface area contributed by atoms with Gasteiger partial charge in [-0.2, -0.15) is 0 Å². The van der Waals surface area contributed by atoms with Crippen molar-refractivity contribution in [2.45, 2.75) is 33.2 Å². The Balaban J connectivity index is 2.14. The van der Waals surface area contributed by atoms with Crippen LogP contribution in [-0.4, -0.2) is 53.2 Å². The normalized spacial score (nSPS) is 18.1. The molecule has 0 amide bonds. The van der Waals surface area contributed by atoms with Gasteiger partial charge in [-0.1, -0.05) is 6.92 Å². The van der Waals surface area contributed by atoms with Crippen LogP contribution in [-0.2, 0) is 0 Å². The number of piperazine rings is 1. The number of nitrogens with zero attached hydrogens (tertiary/aromatic N) is 3. The highest BCUT2D eigenvalue weighted by Crippen LogP contribution is 2.23. The fourth-order valence-corrected chi connectivity index (χ4v) is 2.63. The molecule has 2 rings (SSSR count). The van der Waals surface area contributed by atoms with E-state index < -0.39 is 5.97 Å². The van der Waals surface area contributed by atoms with Gasteiger partial charge in [-0.15, -0.1) is 0 Å². The molecule has 0 bridgehead atoms. The van der Waals surface area contributed by atoms with Gasteiger partial charge in [0.25, 0.3) is 0 Å². The predicted molar refractivity (Wildman–Crippen MR) is 79.5 cm³/mol. The van der Waals surface area contributed by atoms with Crippen LogP contribution < -0.4 is 4.90 Å². The van der Waals surface area contributed by atoms with Gasteiger partial charge in [-0.05, 0) is 26.3 Å². The van der Waals surface area contributed by atoms with Crippen molar-refractivity contribution in [3.63, 3.8) is 0 Å². The number of aryl methyl sites for hydroxylation is 1. The third-order valence-electron chi connectivity index (χ3n) is 4.12. The van der Waals surface area contributed by atoms with E-state index in [1.54, 1.807) is 0 Å². The standard InChI is InChI=1S/C15H23N3O2/c1-4-12(3)17-5-7-18(8-6-17)14-9-11(2)16-10-13(14)15(19)20/h9-10,12H,4-8H2,1-3H3,(H,19,20). The first-order chi connectivity index (χ1) is 9.52. The van der Waals surface area contributed by atoms with Crippen LogP contribution in [0.4, 0.5) is 5.69 Å². The van der Waals surface area contributed by atoms with E-state index in [2.05, 4.69) is 28.6 Å². The van der Waals surface area contributed by atoms with Crippen LogP contribution in [0.3, 0.4) is 0 Å². The maximum atomic E-state index is 11.3. The molecule has 1 N–H and O–H groups in total. The summed E-state index contributed by atoms with van der Waals surface area (Å²) in [6, 6.07) is 2.47. The Morgan fingerprint density at radius 2 is 2.05 bits per heavy atom. The summed E-state index contributed by atoms with van der Waals surface area (Å²) in [6.45, 7) is 10.0. The van der Waals surface area contributed by atoms with Crippen molar-refractivity contribution in [2.24, 2.45) is 0 Å². The molecule has 0 radical (unpaired) electrons. The average Bonchev–Trinajstić information content (AvgIpc) is 2.46. The van der Waals surface area contributed by atoms with Gasteiger partial charge in [0.2, 0.25) is 0 Å². The molecule has 2 heterocycles. The molecule has 0 aromatic carbocycles. The molecule has 20 heavy (non-hydrogen) atoms. The number of rotatable bonds is 4. The molecule has 1 aromatic heterocycles. The Hall–Kier alpha value is -1.62. The van der Waals surface area contributed by atoms with Crippen LogP contribution >= 0.6 is 0 Å². The minimum absolute atomic E-state index is 0.299. The van der Waals surface area contributed by atoms with E-state index in [1.165, 1.54) is 6.20 Å². The Bertz CT molecular complexity index is 482. The van der Waals surface area contributed by atoms with Crippen molar-refractivity contribution in [1.82, 2.24) is 9.88 Å². The Morgan fingerprint density at radius 3 is 2.60 bits per heavy atom. The summed E-state index contributed by atoms with van der Waals surface area (Å²) < 4.78 is 0. The molecular formula is C15H23N3O2. The third kappa shape index (κ3) is 3.10. The van der Waals surface area contributed by atoms with E-state index in [-0.39, 0.29) is 0 Å². The van der Waals surface area contributed by atoms with Gasteiger partial charge in [0.15, 0.2) is 0 Å². The first-order valence-corrected chi connectivity index (χ1v) is 7.21. The molecule has 0 aliphatic carbocycles. The van der Waals surface area contributed by atoms with Crippen molar-refractivity contribution in [3.8, 4) is 0 Å². The van der Waals surface area contributed by atoms with E-state index >= 15 is 0 Å². The Labute approximate surface area is 120 Å². The van der Waals surface area contributed by atoms with Crippen LogP contribution in [0.1, 0.15) is 36.3 Å². The van der Waals surface area contributed by atoms with E-state index in [9.17, 15) is 9.90 Å². The highest BCUT2D eigenvalue weighted by Gasteiger charge is 2.23. The van der Waals surface area contributed by atoms with E-state index in [0.29, 0.717) is 11.6 Å². The molecule has 1 aromatic rings. The minimum atomic E-state index is -0.906. The quantitative estimate of drug-likeness (QED) is 0.912. The highest BCUT2D eigenvalue weighted by molar-refractivity contribution is 5.94. The number of anilines is 1. The smallest absolute Gasteiger partial charge is 0.339 e. The second kappa shape index (κ2) is 6.22. The number of carbonyl (C=O) groups is 1. The van der Waals surface area contributed by atoms with Crippen molar-refractivity contribution in [1.29, 1.82) is 0 Å². The highest BCUT2D eigenvalue weighted by atomic mass is 16.4. The van der Waals surface area contributed by atoms with Gasteiger partial charge in [0, 0.05) is 44.1 Å². The number of aromatic nitrogens is 1. The molecule has 110 valence electrons. The summed E-state index contributed by atoms with van der Waals surface area (Å²) in [5.74, 6) is -0.906. The number of carboxylic acid groups (broad SMARTS) is 1. The second-order valence-corrected chi connectivity index (χ2v) is 5.43. The van der Waals surface area contributed by atoms with Crippen molar-refractivity contribution < 1.29 is 9.90 Å². The molecule has 0 spiro atoms. The largest absolute Gasteiger partial charge is 0.478 e. The van der Waals surface area contributed by atoms with Crippen molar-refractivity contribution >= 4 is 11.7 Å². The maximum absolute atomic E-state index is 11.3. The number of hydrogen-bond acceptors (Lipinski definition) is 4. The molecule has 0 saturated carbocycles. The average molecular weight is 277 g/mol. The monoisotopic (exact) mass is 277 g/mol. The van der Waals surface area contributed by atoms with Gasteiger partial charge in [-0.3, -0.25) is 9.88 Å². The number of carboxylic acids is 1.